The minimum Gasteiger partial charge on any atom is -0.371 e. The summed E-state index contributed by atoms with van der Waals surface area (Å²) in [5, 5.41) is 0. The van der Waals surface area contributed by atoms with Crippen LogP contribution in [0, 0.1) is 12.3 Å². The van der Waals surface area contributed by atoms with Gasteiger partial charge in [-0.05, 0) is 43.4 Å². The van der Waals surface area contributed by atoms with Gasteiger partial charge in [0.05, 0.1) is 0 Å². The van der Waals surface area contributed by atoms with Crippen LogP contribution in [0.5, 0.6) is 0 Å². The molecule has 0 aliphatic carbocycles. The molecule has 1 aliphatic heterocycles. The first-order chi connectivity index (χ1) is 8.02. The van der Waals surface area contributed by atoms with Gasteiger partial charge >= 0.3 is 0 Å². The van der Waals surface area contributed by atoms with E-state index in [-0.39, 0.29) is 0 Å². The van der Waals surface area contributed by atoms with Crippen LogP contribution in [0.2, 0.25) is 0 Å². The van der Waals surface area contributed by atoms with Gasteiger partial charge in [-0.2, -0.15) is 0 Å². The second kappa shape index (κ2) is 4.69. The number of nitrogens with zero attached hydrogens (tertiary/aromatic N) is 1. The normalized spacial score (nSPS) is 18.7. The maximum atomic E-state index is 5.71. The Bertz CT molecular complexity index is 396. The van der Waals surface area contributed by atoms with Gasteiger partial charge in [-0.1, -0.05) is 31.5 Å². The molecule has 1 aliphatic rings. The molecule has 0 radical (unpaired) electrons. The molecular weight excluding hydrogens is 208 g/mol. The molecule has 0 amide bonds. The molecule has 1 aromatic carbocycles. The predicted molar refractivity (Wildman–Crippen MR) is 74.5 cm³/mol. The van der Waals surface area contributed by atoms with Crippen molar-refractivity contribution in [3.63, 3.8) is 0 Å². The van der Waals surface area contributed by atoms with Gasteiger partial charge in [0.2, 0.25) is 0 Å². The molecule has 2 heteroatoms. The van der Waals surface area contributed by atoms with Crippen molar-refractivity contribution in [1.82, 2.24) is 0 Å². The lowest BCUT2D eigenvalue weighted by Crippen LogP contribution is -2.24. The van der Waals surface area contributed by atoms with Gasteiger partial charge in [0.1, 0.15) is 0 Å². The Kier molecular flexibility index (Phi) is 3.43. The number of nitrogens with two attached hydrogens (primary N) is 1. The van der Waals surface area contributed by atoms with Crippen LogP contribution in [0.3, 0.4) is 0 Å². The number of hydrogen-bond acceptors (Lipinski definition) is 2. The molecular formula is C15H24N2. The van der Waals surface area contributed by atoms with Gasteiger partial charge in [-0.3, -0.25) is 0 Å². The van der Waals surface area contributed by atoms with Gasteiger partial charge in [0.15, 0.2) is 0 Å². The smallest absolute Gasteiger partial charge is 0.0399 e. The molecule has 0 unspecified atom stereocenters. The maximum absolute atomic E-state index is 5.71. The van der Waals surface area contributed by atoms with Crippen LogP contribution in [0.25, 0.3) is 0 Å². The molecule has 1 fully saturated rings. The van der Waals surface area contributed by atoms with Gasteiger partial charge < -0.3 is 10.6 Å². The molecule has 1 aromatic rings. The summed E-state index contributed by atoms with van der Waals surface area (Å²) in [4.78, 5) is 2.52. The summed E-state index contributed by atoms with van der Waals surface area (Å²) in [6.45, 7) is 9.92. The summed E-state index contributed by atoms with van der Waals surface area (Å²) in [5.41, 5.74) is 10.3. The highest BCUT2D eigenvalue weighted by atomic mass is 15.2. The van der Waals surface area contributed by atoms with Crippen molar-refractivity contribution < 1.29 is 0 Å². The van der Waals surface area contributed by atoms with Crippen molar-refractivity contribution in [3.8, 4) is 0 Å². The summed E-state index contributed by atoms with van der Waals surface area (Å²) in [6, 6.07) is 6.76. The van der Waals surface area contributed by atoms with Crippen molar-refractivity contribution in [2.24, 2.45) is 11.1 Å². The van der Waals surface area contributed by atoms with E-state index in [1.54, 1.807) is 0 Å². The lowest BCUT2D eigenvalue weighted by Gasteiger charge is -2.24. The minimum atomic E-state index is 0.449. The topological polar surface area (TPSA) is 29.3 Å². The van der Waals surface area contributed by atoms with Gasteiger partial charge in [0, 0.05) is 18.8 Å². The number of rotatable bonds is 3. The highest BCUT2D eigenvalue weighted by molar-refractivity contribution is 5.56. The molecule has 0 atom stereocenters. The zero-order chi connectivity index (χ0) is 12.5. The first-order valence-electron chi connectivity index (χ1n) is 6.56. The standard InChI is InChI=1S/C15H24N2/c1-12-4-5-14(13(10-12)6-8-16)17-9-7-15(2,3)11-17/h4-5,10H,6-9,11,16H2,1-3H3. The van der Waals surface area contributed by atoms with E-state index in [9.17, 15) is 0 Å². The van der Waals surface area contributed by atoms with Crippen molar-refractivity contribution in [1.29, 1.82) is 0 Å². The van der Waals surface area contributed by atoms with Crippen LogP contribution in [0.15, 0.2) is 18.2 Å². The predicted octanol–water partition coefficient (Wildman–Crippen LogP) is 2.73. The van der Waals surface area contributed by atoms with Crippen LogP contribution in [-0.2, 0) is 6.42 Å². The van der Waals surface area contributed by atoms with Crippen molar-refractivity contribution in [2.45, 2.75) is 33.6 Å². The second-order valence-electron chi connectivity index (χ2n) is 6.01. The zero-order valence-electron chi connectivity index (χ0n) is 11.3. The Labute approximate surface area is 105 Å². The Balaban J connectivity index is 2.26. The van der Waals surface area contributed by atoms with Gasteiger partial charge in [-0.25, -0.2) is 0 Å². The lowest BCUT2D eigenvalue weighted by molar-refractivity contribution is 0.418. The summed E-state index contributed by atoms with van der Waals surface area (Å²) >= 11 is 0. The van der Waals surface area contributed by atoms with E-state index in [1.807, 2.05) is 0 Å². The summed E-state index contributed by atoms with van der Waals surface area (Å²) in [7, 11) is 0. The fraction of sp³-hybridized carbons (Fsp3) is 0.600. The first-order valence-corrected chi connectivity index (χ1v) is 6.56. The zero-order valence-corrected chi connectivity index (χ0v) is 11.3. The molecule has 0 aromatic heterocycles. The average molecular weight is 232 g/mol. The molecule has 2 rings (SSSR count). The fourth-order valence-corrected chi connectivity index (χ4v) is 2.70. The molecule has 17 heavy (non-hydrogen) atoms. The van der Waals surface area contributed by atoms with Crippen molar-refractivity contribution >= 4 is 5.69 Å². The second-order valence-corrected chi connectivity index (χ2v) is 6.01. The molecule has 0 spiro atoms. The van der Waals surface area contributed by atoms with Crippen LogP contribution in [-0.4, -0.2) is 19.6 Å². The number of aryl methyl sites for hydroxylation is 1. The molecule has 2 N–H and O–H groups in total. The maximum Gasteiger partial charge on any atom is 0.0399 e. The number of hydrogen-bond donors (Lipinski definition) is 1. The monoisotopic (exact) mass is 232 g/mol. The minimum absolute atomic E-state index is 0.449. The Morgan fingerprint density at radius 3 is 2.71 bits per heavy atom. The van der Waals surface area contributed by atoms with Gasteiger partial charge in [-0.15, -0.1) is 0 Å². The van der Waals surface area contributed by atoms with Crippen LogP contribution in [0.1, 0.15) is 31.4 Å². The fourth-order valence-electron chi connectivity index (χ4n) is 2.70. The van der Waals surface area contributed by atoms with E-state index in [4.69, 9.17) is 5.73 Å². The van der Waals surface area contributed by atoms with Crippen LogP contribution >= 0.6 is 0 Å². The highest BCUT2D eigenvalue weighted by Crippen LogP contribution is 2.34. The largest absolute Gasteiger partial charge is 0.371 e. The third-order valence-electron chi connectivity index (χ3n) is 3.67. The first kappa shape index (κ1) is 12.4. The highest BCUT2D eigenvalue weighted by Gasteiger charge is 2.29. The van der Waals surface area contributed by atoms with Crippen LogP contribution < -0.4 is 10.6 Å². The molecule has 0 saturated carbocycles. The summed E-state index contributed by atoms with van der Waals surface area (Å²) < 4.78 is 0. The van der Waals surface area contributed by atoms with Crippen molar-refractivity contribution in [3.05, 3.63) is 29.3 Å². The molecule has 0 bridgehead atoms. The van der Waals surface area contributed by atoms with E-state index in [1.165, 1.54) is 29.8 Å². The third kappa shape index (κ3) is 2.81. The molecule has 1 saturated heterocycles. The van der Waals surface area contributed by atoms with Crippen molar-refractivity contribution in [2.75, 3.05) is 24.5 Å². The quantitative estimate of drug-likeness (QED) is 0.868. The summed E-state index contributed by atoms with van der Waals surface area (Å²) in [6.07, 6.45) is 2.26. The SMILES string of the molecule is Cc1ccc(N2CCC(C)(C)C2)c(CCN)c1. The number of anilines is 1. The third-order valence-corrected chi connectivity index (χ3v) is 3.67. The van der Waals surface area contributed by atoms with E-state index in [2.05, 4.69) is 43.9 Å². The van der Waals surface area contributed by atoms with E-state index >= 15 is 0 Å². The van der Waals surface area contributed by atoms with E-state index in [0.29, 0.717) is 5.41 Å². The Hall–Kier alpha value is -1.02. The summed E-state index contributed by atoms with van der Waals surface area (Å²) in [5.74, 6) is 0. The average Bonchev–Trinajstić information content (AvgIpc) is 2.59. The van der Waals surface area contributed by atoms with Gasteiger partial charge in [0.25, 0.3) is 0 Å². The Morgan fingerprint density at radius 1 is 1.35 bits per heavy atom. The molecule has 94 valence electrons. The lowest BCUT2D eigenvalue weighted by atomic mass is 9.93. The number of benzene rings is 1. The Morgan fingerprint density at radius 2 is 2.12 bits per heavy atom. The van der Waals surface area contributed by atoms with E-state index < -0.39 is 0 Å². The van der Waals surface area contributed by atoms with E-state index in [0.717, 1.165) is 19.5 Å². The van der Waals surface area contributed by atoms with Crippen LogP contribution in [0.4, 0.5) is 5.69 Å². The molecule has 2 nitrogen and oxygen atoms in total. The molecule has 1 heterocycles.